The van der Waals surface area contributed by atoms with Crippen molar-refractivity contribution in [1.82, 2.24) is 4.90 Å². The van der Waals surface area contributed by atoms with Gasteiger partial charge in [0.1, 0.15) is 11.9 Å². The van der Waals surface area contributed by atoms with Crippen LogP contribution >= 0.6 is 0 Å². The van der Waals surface area contributed by atoms with Gasteiger partial charge in [0, 0.05) is 12.0 Å². The monoisotopic (exact) mass is 511 g/mol. The molecule has 9 heteroatoms. The van der Waals surface area contributed by atoms with Gasteiger partial charge in [-0.2, -0.15) is 13.2 Å². The maximum absolute atomic E-state index is 13.7. The Morgan fingerprint density at radius 1 is 1.05 bits per heavy atom. The maximum atomic E-state index is 13.7. The lowest BCUT2D eigenvalue weighted by atomic mass is 9.94. The van der Waals surface area contributed by atoms with Crippen LogP contribution in [-0.2, 0) is 39.8 Å². The van der Waals surface area contributed by atoms with E-state index in [1.54, 1.807) is 18.2 Å². The molecule has 1 unspecified atom stereocenters. The van der Waals surface area contributed by atoms with Crippen LogP contribution in [0.15, 0.2) is 60.7 Å². The number of halogens is 3. The SMILES string of the molecule is COC(=O)Cc1ccc(OC)c(-c2ccc(C(F)(F)F)cc2CN2C(=O)O[C@H]3Cc4ccccc4C32)c1. The van der Waals surface area contributed by atoms with Crippen molar-refractivity contribution in [3.05, 3.63) is 88.5 Å². The molecule has 0 N–H and O–H groups in total. The van der Waals surface area contributed by atoms with Crippen LogP contribution in [0.3, 0.4) is 0 Å². The zero-order valence-electron chi connectivity index (χ0n) is 20.2. The summed E-state index contributed by atoms with van der Waals surface area (Å²) in [4.78, 5) is 26.2. The fraction of sp³-hybridized carbons (Fsp3) is 0.286. The van der Waals surface area contributed by atoms with Crippen LogP contribution in [0.1, 0.15) is 33.9 Å². The Bertz CT molecular complexity index is 1370. The first-order chi connectivity index (χ1) is 17.7. The summed E-state index contributed by atoms with van der Waals surface area (Å²) in [5, 5.41) is 0. The van der Waals surface area contributed by atoms with E-state index in [1.165, 1.54) is 25.2 Å². The highest BCUT2D eigenvalue weighted by Gasteiger charge is 2.47. The van der Waals surface area contributed by atoms with Gasteiger partial charge >= 0.3 is 18.2 Å². The van der Waals surface area contributed by atoms with E-state index in [1.807, 2.05) is 24.3 Å². The molecule has 1 saturated heterocycles. The van der Waals surface area contributed by atoms with Crippen molar-refractivity contribution in [2.75, 3.05) is 14.2 Å². The zero-order valence-corrected chi connectivity index (χ0v) is 20.2. The second-order valence-corrected chi connectivity index (χ2v) is 9.06. The number of esters is 1. The van der Waals surface area contributed by atoms with E-state index < -0.39 is 35.9 Å². The molecule has 0 aromatic heterocycles. The van der Waals surface area contributed by atoms with Gasteiger partial charge in [0.05, 0.1) is 38.8 Å². The molecule has 1 aliphatic heterocycles. The van der Waals surface area contributed by atoms with E-state index in [0.717, 1.165) is 23.3 Å². The van der Waals surface area contributed by atoms with Crippen molar-refractivity contribution in [3.63, 3.8) is 0 Å². The summed E-state index contributed by atoms with van der Waals surface area (Å²) in [7, 11) is 2.74. The third-order valence-corrected chi connectivity index (χ3v) is 6.87. The molecule has 3 aromatic carbocycles. The average molecular weight is 511 g/mol. The van der Waals surface area contributed by atoms with Crippen LogP contribution in [0.25, 0.3) is 11.1 Å². The molecule has 1 amide bonds. The number of alkyl halides is 3. The van der Waals surface area contributed by atoms with Gasteiger partial charge in [0.2, 0.25) is 0 Å². The van der Waals surface area contributed by atoms with Crippen molar-refractivity contribution < 1.29 is 37.0 Å². The minimum Gasteiger partial charge on any atom is -0.496 e. The highest BCUT2D eigenvalue weighted by atomic mass is 19.4. The lowest BCUT2D eigenvalue weighted by Gasteiger charge is -2.24. The molecule has 1 heterocycles. The van der Waals surface area contributed by atoms with E-state index in [4.69, 9.17) is 14.2 Å². The Balaban J connectivity index is 1.60. The van der Waals surface area contributed by atoms with Crippen LogP contribution < -0.4 is 4.74 Å². The summed E-state index contributed by atoms with van der Waals surface area (Å²) >= 11 is 0. The number of carbonyl (C=O) groups is 2. The van der Waals surface area contributed by atoms with E-state index in [2.05, 4.69) is 0 Å². The Morgan fingerprint density at radius 3 is 2.57 bits per heavy atom. The van der Waals surface area contributed by atoms with Gasteiger partial charge < -0.3 is 14.2 Å². The number of methoxy groups -OCH3 is 2. The minimum atomic E-state index is -4.57. The summed E-state index contributed by atoms with van der Waals surface area (Å²) in [6, 6.07) is 15.7. The maximum Gasteiger partial charge on any atom is 0.416 e. The first-order valence-electron chi connectivity index (χ1n) is 11.7. The largest absolute Gasteiger partial charge is 0.496 e. The molecule has 1 aliphatic carbocycles. The number of ether oxygens (including phenoxy) is 3. The van der Waals surface area contributed by atoms with E-state index >= 15 is 0 Å². The van der Waals surface area contributed by atoms with Crippen LogP contribution in [0.2, 0.25) is 0 Å². The summed E-state index contributed by atoms with van der Waals surface area (Å²) in [6.45, 7) is -0.0992. The Morgan fingerprint density at radius 2 is 1.84 bits per heavy atom. The number of hydrogen-bond acceptors (Lipinski definition) is 5. The van der Waals surface area contributed by atoms with Crippen molar-refractivity contribution >= 4 is 12.1 Å². The Kier molecular flexibility index (Phi) is 6.31. The second-order valence-electron chi connectivity index (χ2n) is 9.06. The van der Waals surface area contributed by atoms with Gasteiger partial charge in [-0.3, -0.25) is 9.69 Å². The second kappa shape index (κ2) is 9.46. The molecule has 3 aromatic rings. The standard InChI is InChI=1S/C28H24F3NO5/c1-35-23-10-7-16(12-25(33)36-2)11-22(23)20-9-8-19(28(29,30)31)13-18(20)15-32-26-21-6-4-3-5-17(21)14-24(26)37-27(32)34/h3-11,13,24,26H,12,14-15H2,1-2H3/t24-,26?/m0/s1. The Labute approximate surface area is 211 Å². The van der Waals surface area contributed by atoms with Gasteiger partial charge in [-0.25, -0.2) is 4.79 Å². The first kappa shape index (κ1) is 24.7. The molecule has 1 fully saturated rings. The quantitative estimate of drug-likeness (QED) is 0.397. The molecular formula is C28H24F3NO5. The van der Waals surface area contributed by atoms with E-state index in [0.29, 0.717) is 28.9 Å². The molecule has 192 valence electrons. The zero-order chi connectivity index (χ0) is 26.3. The average Bonchev–Trinajstić information content (AvgIpc) is 3.38. The third kappa shape index (κ3) is 4.61. The fourth-order valence-electron chi connectivity index (χ4n) is 5.15. The predicted octanol–water partition coefficient (Wildman–Crippen LogP) is 5.71. The highest BCUT2D eigenvalue weighted by Crippen LogP contribution is 2.45. The van der Waals surface area contributed by atoms with Crippen LogP contribution in [0.4, 0.5) is 18.0 Å². The van der Waals surface area contributed by atoms with Crippen LogP contribution in [0.5, 0.6) is 5.75 Å². The van der Waals surface area contributed by atoms with Gasteiger partial charge in [-0.05, 0) is 52.1 Å². The third-order valence-electron chi connectivity index (χ3n) is 6.87. The van der Waals surface area contributed by atoms with Gasteiger partial charge in [0.15, 0.2) is 0 Å². The van der Waals surface area contributed by atoms with Gasteiger partial charge in [-0.15, -0.1) is 0 Å². The molecule has 0 spiro atoms. The summed E-state index contributed by atoms with van der Waals surface area (Å²) in [6.07, 6.45) is -4.99. The summed E-state index contributed by atoms with van der Waals surface area (Å²) < 4.78 is 57.0. The molecule has 2 atom stereocenters. The molecule has 0 saturated carbocycles. The first-order valence-corrected chi connectivity index (χ1v) is 11.7. The predicted molar refractivity (Wildman–Crippen MR) is 128 cm³/mol. The van der Waals surface area contributed by atoms with Gasteiger partial charge in [-0.1, -0.05) is 36.4 Å². The lowest BCUT2D eigenvalue weighted by Crippen LogP contribution is -2.28. The number of amides is 1. The summed E-state index contributed by atoms with van der Waals surface area (Å²) in [5.41, 5.74) is 3.01. The summed E-state index contributed by atoms with van der Waals surface area (Å²) in [5.74, 6) is -0.0303. The van der Waals surface area contributed by atoms with Crippen molar-refractivity contribution in [1.29, 1.82) is 0 Å². The van der Waals surface area contributed by atoms with Crippen molar-refractivity contribution in [2.45, 2.75) is 37.7 Å². The van der Waals surface area contributed by atoms with E-state index in [9.17, 15) is 22.8 Å². The lowest BCUT2D eigenvalue weighted by molar-refractivity contribution is -0.140. The number of carbonyl (C=O) groups excluding carboxylic acids is 2. The van der Waals surface area contributed by atoms with Crippen LogP contribution in [-0.4, -0.2) is 37.3 Å². The van der Waals surface area contributed by atoms with Crippen molar-refractivity contribution in [2.24, 2.45) is 0 Å². The molecule has 6 nitrogen and oxygen atoms in total. The molecule has 37 heavy (non-hydrogen) atoms. The number of hydrogen-bond donors (Lipinski definition) is 0. The molecule has 0 bridgehead atoms. The topological polar surface area (TPSA) is 65.1 Å². The molecule has 0 radical (unpaired) electrons. The van der Waals surface area contributed by atoms with Gasteiger partial charge in [0.25, 0.3) is 0 Å². The number of benzene rings is 3. The molecule has 5 rings (SSSR count). The highest BCUT2D eigenvalue weighted by molar-refractivity contribution is 5.78. The van der Waals surface area contributed by atoms with E-state index in [-0.39, 0.29) is 18.5 Å². The molecular weight excluding hydrogens is 487 g/mol. The number of nitrogens with zero attached hydrogens (tertiary/aromatic N) is 1. The minimum absolute atomic E-state index is 0.0115. The number of fused-ring (bicyclic) bond motifs is 3. The van der Waals surface area contributed by atoms with Crippen molar-refractivity contribution in [3.8, 4) is 16.9 Å². The molecule has 2 aliphatic rings. The normalized spacial score (nSPS) is 18.3. The smallest absolute Gasteiger partial charge is 0.416 e. The Hall–Kier alpha value is -4.01. The fourth-order valence-corrected chi connectivity index (χ4v) is 5.15. The van der Waals surface area contributed by atoms with Crippen LogP contribution in [0, 0.1) is 0 Å². The number of rotatable bonds is 6.